The molecular weight excluding hydrogens is 431 g/mol. The Kier molecular flexibility index (Phi) is 7.01. The van der Waals surface area contributed by atoms with Gasteiger partial charge in [-0.25, -0.2) is 18.2 Å². The lowest BCUT2D eigenvalue weighted by Gasteiger charge is -2.15. The van der Waals surface area contributed by atoms with Crippen LogP contribution in [0.4, 0.5) is 18.9 Å². The molecule has 0 radical (unpaired) electrons. The van der Waals surface area contributed by atoms with Crippen molar-refractivity contribution in [1.82, 2.24) is 9.97 Å². The van der Waals surface area contributed by atoms with E-state index in [1.807, 2.05) is 0 Å². The fraction of sp³-hybridized carbons (Fsp3) is 0.190. The highest BCUT2D eigenvalue weighted by molar-refractivity contribution is 8.00. The van der Waals surface area contributed by atoms with Gasteiger partial charge >= 0.3 is 0 Å². The molecule has 1 heterocycles. The topological polar surface area (TPSA) is 84.1 Å². The Balaban J connectivity index is 1.81. The van der Waals surface area contributed by atoms with Gasteiger partial charge < -0.3 is 15.0 Å². The number of amides is 1. The van der Waals surface area contributed by atoms with Crippen LogP contribution in [0.5, 0.6) is 5.75 Å². The fourth-order valence-corrected chi connectivity index (χ4v) is 3.61. The van der Waals surface area contributed by atoms with E-state index >= 15 is 0 Å². The van der Waals surface area contributed by atoms with Crippen molar-refractivity contribution in [2.24, 2.45) is 0 Å². The van der Waals surface area contributed by atoms with E-state index in [4.69, 9.17) is 4.74 Å². The maximum atomic E-state index is 13.9. The van der Waals surface area contributed by atoms with Gasteiger partial charge in [0, 0.05) is 11.6 Å². The summed E-state index contributed by atoms with van der Waals surface area (Å²) in [6.45, 7) is 1.71. The molecule has 10 heteroatoms. The van der Waals surface area contributed by atoms with Crippen LogP contribution in [-0.4, -0.2) is 28.2 Å². The zero-order chi connectivity index (χ0) is 22.5. The Morgan fingerprint density at radius 3 is 2.52 bits per heavy atom. The molecule has 1 atom stereocenters. The zero-order valence-electron chi connectivity index (χ0n) is 16.5. The molecule has 0 spiro atoms. The quantitative estimate of drug-likeness (QED) is 0.318. The van der Waals surface area contributed by atoms with Crippen molar-refractivity contribution in [2.45, 2.75) is 23.8 Å². The number of nitrogens with zero attached hydrogens (tertiary/aromatic N) is 1. The first kappa shape index (κ1) is 22.4. The summed E-state index contributed by atoms with van der Waals surface area (Å²) in [5, 5.41) is 1.66. The molecule has 0 aliphatic rings. The van der Waals surface area contributed by atoms with Gasteiger partial charge in [0.25, 0.3) is 5.56 Å². The Bertz CT molecular complexity index is 1150. The number of ether oxygens (including phenoxy) is 1. The Morgan fingerprint density at radius 1 is 1.16 bits per heavy atom. The first-order valence-electron chi connectivity index (χ1n) is 9.19. The van der Waals surface area contributed by atoms with E-state index in [-0.39, 0.29) is 5.16 Å². The highest BCUT2D eigenvalue weighted by Gasteiger charge is 2.22. The van der Waals surface area contributed by atoms with E-state index in [0.29, 0.717) is 23.4 Å². The highest BCUT2D eigenvalue weighted by Crippen LogP contribution is 2.27. The third-order valence-corrected chi connectivity index (χ3v) is 5.56. The second-order valence-electron chi connectivity index (χ2n) is 6.39. The normalized spacial score (nSPS) is 11.8. The highest BCUT2D eigenvalue weighted by atomic mass is 32.2. The predicted octanol–water partition coefficient (Wildman–Crippen LogP) is 4.37. The number of hydrogen-bond donors (Lipinski definition) is 2. The number of rotatable bonds is 7. The number of halogens is 3. The molecular formula is C21H18F3N3O3S. The molecule has 0 aliphatic carbocycles. The number of hydrogen-bond acceptors (Lipinski definition) is 5. The summed E-state index contributed by atoms with van der Waals surface area (Å²) in [6.07, 6.45) is 0.304. The van der Waals surface area contributed by atoms with Crippen LogP contribution >= 0.6 is 11.8 Å². The third-order valence-electron chi connectivity index (χ3n) is 4.32. The van der Waals surface area contributed by atoms with Crippen molar-refractivity contribution in [3.63, 3.8) is 0 Å². The Morgan fingerprint density at radius 2 is 1.87 bits per heavy atom. The molecule has 2 aromatic carbocycles. The van der Waals surface area contributed by atoms with Crippen LogP contribution in [0.3, 0.4) is 0 Å². The lowest BCUT2D eigenvalue weighted by molar-refractivity contribution is -0.115. The van der Waals surface area contributed by atoms with E-state index in [1.165, 1.54) is 13.2 Å². The van der Waals surface area contributed by atoms with Crippen molar-refractivity contribution in [1.29, 1.82) is 0 Å². The van der Waals surface area contributed by atoms with E-state index in [0.717, 1.165) is 23.9 Å². The van der Waals surface area contributed by atoms with Gasteiger partial charge in [-0.15, -0.1) is 0 Å². The summed E-state index contributed by atoms with van der Waals surface area (Å²) in [5.74, 6) is -4.50. The maximum absolute atomic E-state index is 13.9. The molecule has 1 aromatic heterocycles. The summed E-state index contributed by atoms with van der Waals surface area (Å²) < 4.78 is 45.5. The number of benzene rings is 2. The molecule has 0 saturated heterocycles. The minimum Gasteiger partial charge on any atom is -0.497 e. The van der Waals surface area contributed by atoms with Crippen LogP contribution in [0.25, 0.3) is 11.3 Å². The number of nitrogens with one attached hydrogen (secondary N) is 2. The molecule has 0 aliphatic heterocycles. The number of aromatic amines is 1. The zero-order valence-corrected chi connectivity index (χ0v) is 17.4. The summed E-state index contributed by atoms with van der Waals surface area (Å²) in [5.41, 5.74) is 0.188. The lowest BCUT2D eigenvalue weighted by atomic mass is 10.1. The number of anilines is 1. The van der Waals surface area contributed by atoms with Crippen LogP contribution < -0.4 is 15.6 Å². The summed E-state index contributed by atoms with van der Waals surface area (Å²) >= 11 is 0.966. The Hall–Kier alpha value is -3.27. The average molecular weight is 449 g/mol. The van der Waals surface area contributed by atoms with Gasteiger partial charge in [0.1, 0.15) is 5.75 Å². The molecule has 0 fully saturated rings. The van der Waals surface area contributed by atoms with Crippen LogP contribution in [0, 0.1) is 17.5 Å². The van der Waals surface area contributed by atoms with E-state index in [1.54, 1.807) is 31.2 Å². The molecule has 3 rings (SSSR count). The maximum Gasteiger partial charge on any atom is 0.252 e. The molecule has 31 heavy (non-hydrogen) atoms. The van der Waals surface area contributed by atoms with Crippen LogP contribution in [0.1, 0.15) is 13.3 Å². The van der Waals surface area contributed by atoms with Gasteiger partial charge in [0.05, 0.1) is 23.7 Å². The molecule has 0 saturated carbocycles. The van der Waals surface area contributed by atoms with E-state index in [2.05, 4.69) is 15.3 Å². The van der Waals surface area contributed by atoms with Crippen molar-refractivity contribution < 1.29 is 22.7 Å². The van der Waals surface area contributed by atoms with Gasteiger partial charge in [-0.1, -0.05) is 18.7 Å². The first-order chi connectivity index (χ1) is 14.8. The molecule has 1 unspecified atom stereocenters. The second-order valence-corrected chi connectivity index (χ2v) is 7.58. The molecule has 3 aromatic rings. The van der Waals surface area contributed by atoms with E-state index < -0.39 is 39.9 Å². The van der Waals surface area contributed by atoms with Crippen LogP contribution in [0.2, 0.25) is 0 Å². The molecule has 0 bridgehead atoms. The minimum absolute atomic E-state index is 0.186. The summed E-state index contributed by atoms with van der Waals surface area (Å²) in [6, 6.07) is 9.92. The van der Waals surface area contributed by atoms with Gasteiger partial charge in [-0.3, -0.25) is 9.59 Å². The smallest absolute Gasteiger partial charge is 0.252 e. The number of thioether (sulfide) groups is 1. The number of methoxy groups -OCH3 is 1. The number of carbonyl (C=O) groups excluding carboxylic acids is 1. The molecule has 6 nitrogen and oxygen atoms in total. The average Bonchev–Trinajstić information content (AvgIpc) is 2.77. The van der Waals surface area contributed by atoms with Crippen LogP contribution in [-0.2, 0) is 4.79 Å². The van der Waals surface area contributed by atoms with Gasteiger partial charge in [0.2, 0.25) is 5.91 Å². The third kappa shape index (κ3) is 5.26. The van der Waals surface area contributed by atoms with Gasteiger partial charge in [-0.05, 0) is 42.8 Å². The molecule has 2 N–H and O–H groups in total. The summed E-state index contributed by atoms with van der Waals surface area (Å²) in [4.78, 5) is 31.6. The molecule has 162 valence electrons. The van der Waals surface area contributed by atoms with Crippen molar-refractivity contribution in [3.05, 3.63) is 70.3 Å². The fourth-order valence-electron chi connectivity index (χ4n) is 2.69. The van der Waals surface area contributed by atoms with E-state index in [9.17, 15) is 22.8 Å². The first-order valence-corrected chi connectivity index (χ1v) is 10.1. The monoisotopic (exact) mass is 449 g/mol. The number of H-pyrrole nitrogens is 1. The van der Waals surface area contributed by atoms with Crippen molar-refractivity contribution >= 4 is 23.4 Å². The lowest BCUT2D eigenvalue weighted by Crippen LogP contribution is -2.26. The second kappa shape index (κ2) is 9.69. The number of aromatic nitrogens is 2. The predicted molar refractivity (Wildman–Crippen MR) is 112 cm³/mol. The SMILES string of the molecule is CCC(Sc1nc(-c2ccc(OC)cc2)cc(=O)[nH]1)C(=O)Nc1ccc(F)c(F)c1F. The van der Waals surface area contributed by atoms with Crippen molar-refractivity contribution in [2.75, 3.05) is 12.4 Å². The van der Waals surface area contributed by atoms with Gasteiger partial charge in [-0.2, -0.15) is 0 Å². The summed E-state index contributed by atoms with van der Waals surface area (Å²) in [7, 11) is 1.54. The van der Waals surface area contributed by atoms with Gasteiger partial charge in [0.15, 0.2) is 22.6 Å². The molecule has 1 amide bonds. The Labute approximate surface area is 179 Å². The van der Waals surface area contributed by atoms with Crippen LogP contribution in [0.15, 0.2) is 52.4 Å². The minimum atomic E-state index is -1.67. The number of carbonyl (C=O) groups is 1. The largest absolute Gasteiger partial charge is 0.497 e. The standard InChI is InChI=1S/C21H18F3N3O3S/c1-3-16(20(29)25-14-9-8-13(22)18(23)19(14)24)31-21-26-15(10-17(28)27-21)11-4-6-12(30-2)7-5-11/h4-10,16H,3H2,1-2H3,(H,25,29)(H,26,27,28). The van der Waals surface area contributed by atoms with Crippen molar-refractivity contribution in [3.8, 4) is 17.0 Å².